The molecule has 0 bridgehead atoms. The maximum Gasteiger partial charge on any atom is 0.233 e. The highest BCUT2D eigenvalue weighted by Gasteiger charge is 2.13. The average Bonchev–Trinajstić information content (AvgIpc) is 2.02. The molecule has 0 aliphatic heterocycles. The number of hydrogen-bond donors (Lipinski definition) is 0. The Morgan fingerprint density at radius 1 is 1.36 bits per heavy atom. The molecule has 1 atom stereocenters. The molecule has 0 heterocycles. The maximum atomic E-state index is 10.8. The Hall–Kier alpha value is -0.0600. The Morgan fingerprint density at radius 3 is 2.29 bits per heavy atom. The molecule has 2 nitrogen and oxygen atoms in total. The van der Waals surface area contributed by atoms with Crippen LogP contribution in [0.2, 0.25) is 0 Å². The van der Waals surface area contributed by atoms with Crippen LogP contribution in [0.3, 0.4) is 0 Å². The Balaban J connectivity index is 2.80. The van der Waals surface area contributed by atoms with Crippen molar-refractivity contribution in [1.82, 2.24) is 0 Å². The monoisotopic (exact) mass is 296 g/mol. The summed E-state index contributed by atoms with van der Waals surface area (Å²) in [5.74, 6) is -0.110. The molecule has 0 amide bonds. The summed E-state index contributed by atoms with van der Waals surface area (Å²) in [5.41, 5.74) is 0.970. The van der Waals surface area contributed by atoms with Crippen LogP contribution in [-0.2, 0) is 9.05 Å². The van der Waals surface area contributed by atoms with Crippen LogP contribution in [0.25, 0.3) is 0 Å². The Bertz CT molecular complexity index is 399. The average molecular weight is 298 g/mol. The fraction of sp³-hybridized carbons (Fsp3) is 0.333. The normalized spacial score (nSPS) is 13.9. The molecule has 0 aliphatic carbocycles. The first kappa shape index (κ1) is 12.0. The largest absolute Gasteiger partial charge is 0.233 e. The molecule has 1 rings (SSSR count). The van der Waals surface area contributed by atoms with Crippen molar-refractivity contribution < 1.29 is 8.42 Å². The van der Waals surface area contributed by atoms with Crippen molar-refractivity contribution in [3.05, 3.63) is 34.3 Å². The SMILES string of the molecule is CC(CS(=O)(=O)Cl)c1ccc(Br)cc1. The zero-order chi connectivity index (χ0) is 10.8. The minimum absolute atomic E-state index is 0.0316. The lowest BCUT2D eigenvalue weighted by atomic mass is 10.0. The summed E-state index contributed by atoms with van der Waals surface area (Å²) in [6.45, 7) is 1.84. The summed E-state index contributed by atoms with van der Waals surface area (Å²) in [4.78, 5) is 0. The third kappa shape index (κ3) is 3.98. The zero-order valence-corrected chi connectivity index (χ0v) is 10.7. The van der Waals surface area contributed by atoms with Gasteiger partial charge in [0.2, 0.25) is 9.05 Å². The predicted molar refractivity (Wildman–Crippen MR) is 62.2 cm³/mol. The van der Waals surface area contributed by atoms with Crippen LogP contribution in [0.5, 0.6) is 0 Å². The number of halogens is 2. The van der Waals surface area contributed by atoms with Gasteiger partial charge in [-0.15, -0.1) is 0 Å². The van der Waals surface area contributed by atoms with Gasteiger partial charge in [0.25, 0.3) is 0 Å². The molecule has 5 heteroatoms. The van der Waals surface area contributed by atoms with Gasteiger partial charge in [-0.3, -0.25) is 0 Å². The molecule has 0 aromatic heterocycles. The van der Waals surface area contributed by atoms with E-state index in [4.69, 9.17) is 10.7 Å². The zero-order valence-electron chi connectivity index (χ0n) is 7.57. The Morgan fingerprint density at radius 2 is 1.86 bits per heavy atom. The van der Waals surface area contributed by atoms with E-state index in [-0.39, 0.29) is 11.7 Å². The van der Waals surface area contributed by atoms with Crippen molar-refractivity contribution in [3.63, 3.8) is 0 Å². The van der Waals surface area contributed by atoms with Crippen molar-refractivity contribution in [3.8, 4) is 0 Å². The Kier molecular flexibility index (Phi) is 3.98. The van der Waals surface area contributed by atoms with Crippen LogP contribution >= 0.6 is 26.6 Å². The second-order valence-electron chi connectivity index (χ2n) is 3.16. The summed E-state index contributed by atoms with van der Waals surface area (Å²) < 4.78 is 22.7. The third-order valence-corrected chi connectivity index (χ3v) is 3.69. The quantitative estimate of drug-likeness (QED) is 0.803. The molecule has 0 spiro atoms. The van der Waals surface area contributed by atoms with E-state index in [1.54, 1.807) is 0 Å². The van der Waals surface area contributed by atoms with Gasteiger partial charge < -0.3 is 0 Å². The highest BCUT2D eigenvalue weighted by molar-refractivity contribution is 9.10. The second kappa shape index (κ2) is 4.64. The predicted octanol–water partition coefficient (Wildman–Crippen LogP) is 3.12. The first-order valence-electron chi connectivity index (χ1n) is 4.06. The molecule has 1 unspecified atom stereocenters. The van der Waals surface area contributed by atoms with Crippen molar-refractivity contribution in [2.24, 2.45) is 0 Å². The lowest BCUT2D eigenvalue weighted by Crippen LogP contribution is -2.06. The summed E-state index contributed by atoms with van der Waals surface area (Å²) >= 11 is 3.31. The van der Waals surface area contributed by atoms with E-state index in [0.717, 1.165) is 10.0 Å². The molecule has 0 radical (unpaired) electrons. The van der Waals surface area contributed by atoms with E-state index in [9.17, 15) is 8.42 Å². The molecular formula is C9H10BrClO2S. The molecule has 0 fully saturated rings. The van der Waals surface area contributed by atoms with Gasteiger partial charge in [0.15, 0.2) is 0 Å². The minimum atomic E-state index is -3.42. The van der Waals surface area contributed by atoms with Gasteiger partial charge in [0.1, 0.15) is 0 Å². The smallest absolute Gasteiger partial charge is 0.212 e. The third-order valence-electron chi connectivity index (χ3n) is 1.89. The van der Waals surface area contributed by atoms with Crippen molar-refractivity contribution in [2.45, 2.75) is 12.8 Å². The fourth-order valence-corrected chi connectivity index (χ4v) is 2.81. The summed E-state index contributed by atoms with van der Waals surface area (Å²) in [6, 6.07) is 7.53. The molecule has 0 aliphatic rings. The summed E-state index contributed by atoms with van der Waals surface area (Å²) in [7, 11) is 1.75. The van der Waals surface area contributed by atoms with E-state index in [1.807, 2.05) is 31.2 Å². The first-order valence-corrected chi connectivity index (χ1v) is 7.33. The van der Waals surface area contributed by atoms with E-state index in [2.05, 4.69) is 15.9 Å². The van der Waals surface area contributed by atoms with Gasteiger partial charge in [-0.2, -0.15) is 0 Å². The molecular weight excluding hydrogens is 288 g/mol. The molecule has 0 N–H and O–H groups in total. The van der Waals surface area contributed by atoms with Crippen LogP contribution < -0.4 is 0 Å². The molecule has 14 heavy (non-hydrogen) atoms. The summed E-state index contributed by atoms with van der Waals surface area (Å²) in [5, 5.41) is 0. The van der Waals surface area contributed by atoms with E-state index in [0.29, 0.717) is 0 Å². The van der Waals surface area contributed by atoms with Crippen LogP contribution in [0.4, 0.5) is 0 Å². The highest BCUT2D eigenvalue weighted by atomic mass is 79.9. The lowest BCUT2D eigenvalue weighted by molar-refractivity contribution is 0.604. The van der Waals surface area contributed by atoms with Crippen LogP contribution in [-0.4, -0.2) is 14.2 Å². The van der Waals surface area contributed by atoms with E-state index < -0.39 is 9.05 Å². The highest BCUT2D eigenvalue weighted by Crippen LogP contribution is 2.20. The van der Waals surface area contributed by atoms with Crippen LogP contribution in [0.15, 0.2) is 28.7 Å². The van der Waals surface area contributed by atoms with Gasteiger partial charge in [-0.05, 0) is 23.6 Å². The van der Waals surface area contributed by atoms with Crippen molar-refractivity contribution in [2.75, 3.05) is 5.75 Å². The van der Waals surface area contributed by atoms with Crippen LogP contribution in [0.1, 0.15) is 18.4 Å². The molecule has 1 aromatic carbocycles. The van der Waals surface area contributed by atoms with Gasteiger partial charge in [-0.25, -0.2) is 8.42 Å². The van der Waals surface area contributed by atoms with Crippen molar-refractivity contribution >= 4 is 35.7 Å². The lowest BCUT2D eigenvalue weighted by Gasteiger charge is -2.09. The van der Waals surface area contributed by atoms with E-state index >= 15 is 0 Å². The molecule has 78 valence electrons. The summed E-state index contributed by atoms with van der Waals surface area (Å²) in [6.07, 6.45) is 0. The minimum Gasteiger partial charge on any atom is -0.212 e. The fourth-order valence-electron chi connectivity index (χ4n) is 1.19. The topological polar surface area (TPSA) is 34.1 Å². The van der Waals surface area contributed by atoms with Crippen LogP contribution in [0, 0.1) is 0 Å². The molecule has 0 saturated carbocycles. The van der Waals surface area contributed by atoms with Crippen molar-refractivity contribution in [1.29, 1.82) is 0 Å². The van der Waals surface area contributed by atoms with Gasteiger partial charge in [0, 0.05) is 15.2 Å². The van der Waals surface area contributed by atoms with E-state index in [1.165, 1.54) is 0 Å². The number of benzene rings is 1. The maximum absolute atomic E-state index is 10.8. The first-order chi connectivity index (χ1) is 6.38. The van der Waals surface area contributed by atoms with Gasteiger partial charge >= 0.3 is 0 Å². The molecule has 0 saturated heterocycles. The second-order valence-corrected chi connectivity index (χ2v) is 6.90. The number of rotatable bonds is 3. The number of hydrogen-bond acceptors (Lipinski definition) is 2. The Labute approximate surface area is 96.8 Å². The molecule has 1 aromatic rings. The van der Waals surface area contributed by atoms with Gasteiger partial charge in [-0.1, -0.05) is 35.0 Å². The standard InChI is InChI=1S/C9H10BrClO2S/c1-7(6-14(11,12)13)8-2-4-9(10)5-3-8/h2-5,7H,6H2,1H3. The van der Waals surface area contributed by atoms with Gasteiger partial charge in [0.05, 0.1) is 5.75 Å².